The number of rotatable bonds is 5. The first-order valence-electron chi connectivity index (χ1n) is 6.81. The maximum absolute atomic E-state index is 3.68. The monoisotopic (exact) mass is 209 g/mol. The Morgan fingerprint density at radius 3 is 2.27 bits per heavy atom. The van der Waals surface area contributed by atoms with E-state index < -0.39 is 0 Å². The predicted molar refractivity (Wildman–Crippen MR) is 65.9 cm³/mol. The lowest BCUT2D eigenvalue weighted by Gasteiger charge is -2.38. The highest BCUT2D eigenvalue weighted by Crippen LogP contribution is 2.62. The summed E-state index contributed by atoms with van der Waals surface area (Å²) in [6.45, 7) is 10.6. The fourth-order valence-corrected chi connectivity index (χ4v) is 3.50. The molecule has 1 nitrogen and oxygen atoms in total. The zero-order valence-corrected chi connectivity index (χ0v) is 10.8. The minimum Gasteiger partial charge on any atom is -0.314 e. The Labute approximate surface area is 95.0 Å². The van der Waals surface area contributed by atoms with Crippen LogP contribution in [0.5, 0.6) is 0 Å². The van der Waals surface area contributed by atoms with E-state index in [0.29, 0.717) is 11.5 Å². The molecule has 0 aromatic heterocycles. The first kappa shape index (κ1) is 11.4. The second-order valence-electron chi connectivity index (χ2n) is 6.37. The summed E-state index contributed by atoms with van der Waals surface area (Å²) in [5.74, 6) is 3.11. The zero-order chi connectivity index (χ0) is 11.1. The van der Waals surface area contributed by atoms with Gasteiger partial charge in [-0.1, -0.05) is 34.1 Å². The van der Waals surface area contributed by atoms with E-state index in [1.165, 1.54) is 25.8 Å². The maximum atomic E-state index is 3.68. The van der Waals surface area contributed by atoms with Gasteiger partial charge in [0.1, 0.15) is 0 Å². The molecule has 2 saturated carbocycles. The summed E-state index contributed by atoms with van der Waals surface area (Å²) in [6.07, 6.45) is 5.90. The molecule has 0 spiro atoms. The molecule has 2 rings (SSSR count). The number of fused-ring (bicyclic) bond motifs is 1. The first-order chi connectivity index (χ1) is 7.07. The fourth-order valence-electron chi connectivity index (χ4n) is 3.50. The summed E-state index contributed by atoms with van der Waals surface area (Å²) in [7, 11) is 0. The van der Waals surface area contributed by atoms with Crippen LogP contribution in [0.4, 0.5) is 0 Å². The van der Waals surface area contributed by atoms with Crippen LogP contribution in [0.15, 0.2) is 0 Å². The Bertz CT molecular complexity index is 211. The average Bonchev–Trinajstić information content (AvgIpc) is 2.82. The molecule has 2 aliphatic carbocycles. The third kappa shape index (κ3) is 2.22. The molecule has 15 heavy (non-hydrogen) atoms. The van der Waals surface area contributed by atoms with Gasteiger partial charge in [-0.25, -0.2) is 0 Å². The van der Waals surface area contributed by atoms with Gasteiger partial charge in [0.25, 0.3) is 0 Å². The van der Waals surface area contributed by atoms with Crippen LogP contribution in [0, 0.1) is 23.2 Å². The normalized spacial score (nSPS) is 40.6. The molecule has 0 bridgehead atoms. The Morgan fingerprint density at radius 1 is 1.20 bits per heavy atom. The third-order valence-electron chi connectivity index (χ3n) is 4.93. The molecule has 2 fully saturated rings. The third-order valence-corrected chi connectivity index (χ3v) is 4.93. The van der Waals surface area contributed by atoms with Gasteiger partial charge in [0.2, 0.25) is 0 Å². The Hall–Kier alpha value is -0.0400. The topological polar surface area (TPSA) is 12.0 Å². The molecular formula is C14H27N. The Kier molecular flexibility index (Phi) is 3.12. The van der Waals surface area contributed by atoms with Crippen molar-refractivity contribution in [2.24, 2.45) is 23.2 Å². The van der Waals surface area contributed by atoms with E-state index in [2.05, 4.69) is 33.0 Å². The quantitative estimate of drug-likeness (QED) is 0.731. The SMILES string of the molecule is CCC(C)C1(CNC(C)C)CC2CC2C1. The van der Waals surface area contributed by atoms with E-state index in [9.17, 15) is 0 Å². The molecule has 0 aromatic rings. The van der Waals surface area contributed by atoms with Crippen molar-refractivity contribution in [1.82, 2.24) is 5.32 Å². The largest absolute Gasteiger partial charge is 0.314 e. The highest BCUT2D eigenvalue weighted by Gasteiger charge is 2.54. The van der Waals surface area contributed by atoms with Crippen LogP contribution < -0.4 is 5.32 Å². The molecule has 3 atom stereocenters. The lowest BCUT2D eigenvalue weighted by Crippen LogP contribution is -2.40. The van der Waals surface area contributed by atoms with E-state index >= 15 is 0 Å². The van der Waals surface area contributed by atoms with Gasteiger partial charge in [-0.3, -0.25) is 0 Å². The first-order valence-corrected chi connectivity index (χ1v) is 6.81. The van der Waals surface area contributed by atoms with Gasteiger partial charge in [0, 0.05) is 12.6 Å². The van der Waals surface area contributed by atoms with Crippen molar-refractivity contribution in [3.63, 3.8) is 0 Å². The van der Waals surface area contributed by atoms with Crippen molar-refractivity contribution in [2.75, 3.05) is 6.54 Å². The standard InChI is InChI=1S/C14H27N/c1-5-11(4)14(9-15-10(2)3)7-12-6-13(12)8-14/h10-13,15H,5-9H2,1-4H3. The molecule has 0 aliphatic heterocycles. The van der Waals surface area contributed by atoms with Gasteiger partial charge in [-0.2, -0.15) is 0 Å². The smallest absolute Gasteiger partial charge is 0.00129 e. The van der Waals surface area contributed by atoms with E-state index in [-0.39, 0.29) is 0 Å². The van der Waals surface area contributed by atoms with Crippen molar-refractivity contribution < 1.29 is 0 Å². The zero-order valence-electron chi connectivity index (χ0n) is 10.8. The summed E-state index contributed by atoms with van der Waals surface area (Å²) in [4.78, 5) is 0. The van der Waals surface area contributed by atoms with Crippen LogP contribution in [0.25, 0.3) is 0 Å². The lowest BCUT2D eigenvalue weighted by molar-refractivity contribution is 0.146. The molecule has 0 saturated heterocycles. The highest BCUT2D eigenvalue weighted by molar-refractivity contribution is 5.05. The van der Waals surface area contributed by atoms with Crippen LogP contribution in [-0.4, -0.2) is 12.6 Å². The molecule has 3 unspecified atom stereocenters. The van der Waals surface area contributed by atoms with Crippen LogP contribution in [-0.2, 0) is 0 Å². The molecule has 0 heterocycles. The summed E-state index contributed by atoms with van der Waals surface area (Å²) in [5, 5.41) is 3.68. The van der Waals surface area contributed by atoms with Crippen molar-refractivity contribution in [1.29, 1.82) is 0 Å². The molecule has 0 amide bonds. The molecule has 2 aliphatic rings. The van der Waals surface area contributed by atoms with E-state index in [0.717, 1.165) is 17.8 Å². The summed E-state index contributed by atoms with van der Waals surface area (Å²) >= 11 is 0. The molecular weight excluding hydrogens is 182 g/mol. The molecule has 1 heteroatoms. The second kappa shape index (κ2) is 4.08. The fraction of sp³-hybridized carbons (Fsp3) is 1.00. The van der Waals surface area contributed by atoms with Crippen molar-refractivity contribution in [3.05, 3.63) is 0 Å². The molecule has 88 valence electrons. The van der Waals surface area contributed by atoms with Crippen molar-refractivity contribution in [3.8, 4) is 0 Å². The van der Waals surface area contributed by atoms with Gasteiger partial charge in [-0.15, -0.1) is 0 Å². The average molecular weight is 209 g/mol. The van der Waals surface area contributed by atoms with Crippen LogP contribution in [0.3, 0.4) is 0 Å². The Balaban J connectivity index is 1.96. The molecule has 0 radical (unpaired) electrons. The number of hydrogen-bond acceptors (Lipinski definition) is 1. The van der Waals surface area contributed by atoms with Crippen LogP contribution >= 0.6 is 0 Å². The van der Waals surface area contributed by atoms with Gasteiger partial charge < -0.3 is 5.32 Å². The summed E-state index contributed by atoms with van der Waals surface area (Å²) in [5.41, 5.74) is 0.645. The van der Waals surface area contributed by atoms with Gasteiger partial charge in [0.05, 0.1) is 0 Å². The minimum absolute atomic E-state index is 0.642. The van der Waals surface area contributed by atoms with Crippen LogP contribution in [0.2, 0.25) is 0 Å². The predicted octanol–water partition coefficient (Wildman–Crippen LogP) is 3.45. The highest BCUT2D eigenvalue weighted by atomic mass is 14.9. The number of nitrogens with one attached hydrogen (secondary N) is 1. The lowest BCUT2D eigenvalue weighted by atomic mass is 9.71. The van der Waals surface area contributed by atoms with Gasteiger partial charge in [0.15, 0.2) is 0 Å². The van der Waals surface area contributed by atoms with Gasteiger partial charge in [-0.05, 0) is 42.4 Å². The van der Waals surface area contributed by atoms with E-state index in [4.69, 9.17) is 0 Å². The van der Waals surface area contributed by atoms with Crippen molar-refractivity contribution >= 4 is 0 Å². The summed E-state index contributed by atoms with van der Waals surface area (Å²) in [6, 6.07) is 0.642. The maximum Gasteiger partial charge on any atom is 0.00129 e. The summed E-state index contributed by atoms with van der Waals surface area (Å²) < 4.78 is 0. The molecule has 0 aromatic carbocycles. The minimum atomic E-state index is 0.642. The van der Waals surface area contributed by atoms with E-state index in [1.807, 2.05) is 0 Å². The van der Waals surface area contributed by atoms with Crippen LogP contribution in [0.1, 0.15) is 53.4 Å². The van der Waals surface area contributed by atoms with Crippen molar-refractivity contribution in [2.45, 2.75) is 59.4 Å². The Morgan fingerprint density at radius 2 is 1.80 bits per heavy atom. The number of hydrogen-bond donors (Lipinski definition) is 1. The van der Waals surface area contributed by atoms with Gasteiger partial charge >= 0.3 is 0 Å². The second-order valence-corrected chi connectivity index (χ2v) is 6.37. The van der Waals surface area contributed by atoms with E-state index in [1.54, 1.807) is 6.42 Å². The molecule has 1 N–H and O–H groups in total.